The Balaban J connectivity index is 1.28. The highest BCUT2D eigenvalue weighted by atomic mass is 16.6. The average molecular weight is 573 g/mol. The van der Waals surface area contributed by atoms with Crippen molar-refractivity contribution in [2.45, 2.75) is 32.5 Å². The third-order valence-corrected chi connectivity index (χ3v) is 7.65. The molecule has 0 aliphatic carbocycles. The van der Waals surface area contributed by atoms with E-state index in [1.54, 1.807) is 14.0 Å². The lowest BCUT2D eigenvalue weighted by Gasteiger charge is -2.29. The number of ether oxygens (including phenoxy) is 3. The Morgan fingerprint density at radius 2 is 1.71 bits per heavy atom. The molecule has 2 heterocycles. The smallest absolute Gasteiger partial charge is 0.234 e. The fourth-order valence-corrected chi connectivity index (χ4v) is 5.49. The highest BCUT2D eigenvalue weighted by Gasteiger charge is 2.23. The van der Waals surface area contributed by atoms with Crippen LogP contribution in [0.15, 0.2) is 72.8 Å². The summed E-state index contributed by atoms with van der Waals surface area (Å²) in [5.74, 6) is 2.19. The molecular formula is C33H40N4O5. The number of nitrogens with zero attached hydrogens (tertiary/aromatic N) is 3. The first-order valence-corrected chi connectivity index (χ1v) is 14.6. The lowest BCUT2D eigenvalue weighted by atomic mass is 10.1. The number of methoxy groups -OCH3 is 1. The van der Waals surface area contributed by atoms with Gasteiger partial charge in [0.2, 0.25) is 11.8 Å². The van der Waals surface area contributed by atoms with Crippen molar-refractivity contribution in [2.75, 3.05) is 57.9 Å². The van der Waals surface area contributed by atoms with E-state index in [2.05, 4.69) is 27.2 Å². The topological polar surface area (TPSA) is 83.6 Å². The molecule has 2 amide bonds. The first-order valence-electron chi connectivity index (χ1n) is 14.6. The molecule has 2 aliphatic heterocycles. The predicted octanol–water partition coefficient (Wildman–Crippen LogP) is 3.71. The minimum Gasteiger partial charge on any atom is -0.497 e. The molecule has 9 nitrogen and oxygen atoms in total. The van der Waals surface area contributed by atoms with Gasteiger partial charge in [-0.1, -0.05) is 42.5 Å². The molecule has 3 aromatic carbocycles. The van der Waals surface area contributed by atoms with Crippen molar-refractivity contribution in [2.24, 2.45) is 0 Å². The van der Waals surface area contributed by atoms with Crippen molar-refractivity contribution in [1.29, 1.82) is 0 Å². The summed E-state index contributed by atoms with van der Waals surface area (Å²) in [5, 5.41) is 3.04. The highest BCUT2D eigenvalue weighted by Crippen LogP contribution is 2.30. The molecule has 0 fully saturated rings. The van der Waals surface area contributed by atoms with Crippen molar-refractivity contribution in [3.05, 3.63) is 83.9 Å². The van der Waals surface area contributed by atoms with Gasteiger partial charge in [0, 0.05) is 51.9 Å². The first-order chi connectivity index (χ1) is 20.5. The number of carbonyl (C=O) groups is 2. The maximum Gasteiger partial charge on any atom is 0.234 e. The summed E-state index contributed by atoms with van der Waals surface area (Å²) in [5.41, 5.74) is 3.10. The normalized spacial score (nSPS) is 18.0. The summed E-state index contributed by atoms with van der Waals surface area (Å²) in [4.78, 5) is 32.3. The van der Waals surface area contributed by atoms with Gasteiger partial charge in [0.05, 0.1) is 20.2 Å². The first kappa shape index (κ1) is 29.4. The number of fused-ring (bicyclic) bond motifs is 2. The van der Waals surface area contributed by atoms with Gasteiger partial charge in [-0.05, 0) is 47.9 Å². The number of amides is 2. The van der Waals surface area contributed by atoms with Crippen molar-refractivity contribution in [1.82, 2.24) is 15.1 Å². The molecule has 42 heavy (non-hydrogen) atoms. The SMILES string of the molecule is COc1cccc(CN2CCCN(C(C)=O)c3ccccc3CN(CC(=O)NCC3COc4ccccc4O3)CC2)c1. The van der Waals surface area contributed by atoms with E-state index >= 15 is 0 Å². The third-order valence-electron chi connectivity index (χ3n) is 7.65. The number of rotatable bonds is 7. The van der Waals surface area contributed by atoms with Gasteiger partial charge in [0.25, 0.3) is 0 Å². The van der Waals surface area contributed by atoms with Crippen LogP contribution < -0.4 is 24.4 Å². The Morgan fingerprint density at radius 1 is 0.929 bits per heavy atom. The van der Waals surface area contributed by atoms with Gasteiger partial charge in [-0.3, -0.25) is 19.4 Å². The molecule has 9 heteroatoms. The van der Waals surface area contributed by atoms with Crippen LogP contribution >= 0.6 is 0 Å². The molecule has 1 atom stereocenters. The minimum absolute atomic E-state index is 0.0154. The molecule has 5 rings (SSSR count). The number of anilines is 1. The standard InChI is InChI=1S/C33H40N4O5/c1-25(38)37-16-8-15-35(21-26-9-7-11-28(19-26)40-2)17-18-36(22-27-10-3-4-12-30(27)37)23-33(39)34-20-29-24-41-31-13-5-6-14-32(31)42-29/h3-7,9-14,19,29H,8,15-18,20-24H2,1-2H3,(H,34,39). The van der Waals surface area contributed by atoms with Crippen molar-refractivity contribution in [3.8, 4) is 17.2 Å². The largest absolute Gasteiger partial charge is 0.497 e. The van der Waals surface area contributed by atoms with Crippen molar-refractivity contribution in [3.63, 3.8) is 0 Å². The molecule has 0 spiro atoms. The lowest BCUT2D eigenvalue weighted by Crippen LogP contribution is -2.45. The Morgan fingerprint density at radius 3 is 2.55 bits per heavy atom. The van der Waals surface area contributed by atoms with Crippen LogP contribution in [0.1, 0.15) is 24.5 Å². The molecule has 0 saturated heterocycles. The van der Waals surface area contributed by atoms with Gasteiger partial charge in [-0.15, -0.1) is 0 Å². The fraction of sp³-hybridized carbons (Fsp3) is 0.394. The Hall–Kier alpha value is -4.08. The van der Waals surface area contributed by atoms with E-state index in [-0.39, 0.29) is 24.5 Å². The molecular weight excluding hydrogens is 532 g/mol. The summed E-state index contributed by atoms with van der Waals surface area (Å²) in [6.07, 6.45) is 0.583. The quantitative estimate of drug-likeness (QED) is 0.462. The Bertz CT molecular complexity index is 1370. The molecule has 0 saturated carbocycles. The number of nitrogens with one attached hydrogen (secondary N) is 1. The minimum atomic E-state index is -0.255. The van der Waals surface area contributed by atoms with Crippen molar-refractivity contribution < 1.29 is 23.8 Å². The van der Waals surface area contributed by atoms with E-state index in [4.69, 9.17) is 14.2 Å². The van der Waals surface area contributed by atoms with Gasteiger partial charge < -0.3 is 24.4 Å². The zero-order chi connectivity index (χ0) is 29.3. The molecule has 2 aliphatic rings. The van der Waals surface area contributed by atoms with E-state index in [1.807, 2.05) is 65.6 Å². The Kier molecular flexibility index (Phi) is 9.94. The van der Waals surface area contributed by atoms with Gasteiger partial charge in [0.1, 0.15) is 18.5 Å². The van der Waals surface area contributed by atoms with Crippen LogP contribution in [0, 0.1) is 0 Å². The van der Waals surface area contributed by atoms with E-state index in [0.717, 1.165) is 54.4 Å². The molecule has 0 radical (unpaired) electrons. The van der Waals surface area contributed by atoms with E-state index < -0.39 is 0 Å². The Labute approximate surface area is 248 Å². The van der Waals surface area contributed by atoms with Crippen LogP contribution in [0.4, 0.5) is 5.69 Å². The molecule has 0 bridgehead atoms. The number of benzene rings is 3. The second-order valence-corrected chi connectivity index (χ2v) is 10.8. The van der Waals surface area contributed by atoms with Crippen LogP contribution in [0.2, 0.25) is 0 Å². The van der Waals surface area contributed by atoms with Gasteiger partial charge >= 0.3 is 0 Å². The second-order valence-electron chi connectivity index (χ2n) is 10.8. The second kappa shape index (κ2) is 14.2. The summed E-state index contributed by atoms with van der Waals surface area (Å²) >= 11 is 0. The van der Waals surface area contributed by atoms with Crippen LogP contribution in [0.5, 0.6) is 17.2 Å². The predicted molar refractivity (Wildman–Crippen MR) is 162 cm³/mol. The average Bonchev–Trinajstić information content (AvgIpc) is 3.03. The summed E-state index contributed by atoms with van der Waals surface area (Å²) in [6.45, 7) is 6.83. The van der Waals surface area contributed by atoms with E-state index in [0.29, 0.717) is 38.5 Å². The zero-order valence-electron chi connectivity index (χ0n) is 24.5. The van der Waals surface area contributed by atoms with Gasteiger partial charge in [-0.25, -0.2) is 0 Å². The maximum atomic E-state index is 13.2. The molecule has 222 valence electrons. The number of carbonyl (C=O) groups excluding carboxylic acids is 2. The zero-order valence-corrected chi connectivity index (χ0v) is 24.5. The molecule has 1 N–H and O–H groups in total. The van der Waals surface area contributed by atoms with Crippen LogP contribution in [-0.4, -0.2) is 80.7 Å². The van der Waals surface area contributed by atoms with Crippen LogP contribution in [0.25, 0.3) is 0 Å². The monoisotopic (exact) mass is 572 g/mol. The number of para-hydroxylation sites is 3. The van der Waals surface area contributed by atoms with Gasteiger partial charge in [0.15, 0.2) is 11.5 Å². The number of hydrogen-bond acceptors (Lipinski definition) is 7. The summed E-state index contributed by atoms with van der Waals surface area (Å²) in [6, 6.07) is 23.7. The van der Waals surface area contributed by atoms with E-state index in [9.17, 15) is 9.59 Å². The molecule has 0 aromatic heterocycles. The van der Waals surface area contributed by atoms with Crippen LogP contribution in [-0.2, 0) is 22.7 Å². The summed E-state index contributed by atoms with van der Waals surface area (Å²) < 4.78 is 17.2. The van der Waals surface area contributed by atoms with Gasteiger partial charge in [-0.2, -0.15) is 0 Å². The highest BCUT2D eigenvalue weighted by molar-refractivity contribution is 5.92. The third kappa shape index (κ3) is 7.80. The van der Waals surface area contributed by atoms with Crippen LogP contribution in [0.3, 0.4) is 0 Å². The molecule has 3 aromatic rings. The summed E-state index contributed by atoms with van der Waals surface area (Å²) in [7, 11) is 1.68. The molecule has 1 unspecified atom stereocenters. The lowest BCUT2D eigenvalue weighted by molar-refractivity contribution is -0.123. The number of hydrogen-bond donors (Lipinski definition) is 1. The fourth-order valence-electron chi connectivity index (χ4n) is 5.49. The van der Waals surface area contributed by atoms with E-state index in [1.165, 1.54) is 0 Å². The van der Waals surface area contributed by atoms with Crippen molar-refractivity contribution >= 4 is 17.5 Å². The maximum absolute atomic E-state index is 13.2.